The van der Waals surface area contributed by atoms with E-state index in [0.29, 0.717) is 0 Å². The molecular formula is C11H16N2S. The van der Waals surface area contributed by atoms with Gasteiger partial charge in [-0.05, 0) is 42.8 Å². The predicted molar refractivity (Wildman–Crippen MR) is 61.7 cm³/mol. The Labute approximate surface area is 89.5 Å². The Kier molecular flexibility index (Phi) is 3.83. The predicted octanol–water partition coefficient (Wildman–Crippen LogP) is 1.72. The molecule has 0 amide bonds. The van der Waals surface area contributed by atoms with Crippen LogP contribution in [0.15, 0.2) is 24.5 Å². The van der Waals surface area contributed by atoms with Gasteiger partial charge in [-0.2, -0.15) is 11.8 Å². The molecule has 0 aromatic carbocycles. The van der Waals surface area contributed by atoms with Crippen molar-refractivity contribution in [2.24, 2.45) is 0 Å². The molecule has 3 heteroatoms. The molecule has 0 spiro atoms. The summed E-state index contributed by atoms with van der Waals surface area (Å²) in [6.07, 6.45) is 6.17. The lowest BCUT2D eigenvalue weighted by Crippen LogP contribution is -2.30. The lowest BCUT2D eigenvalue weighted by molar-refractivity contribution is 0.560. The summed E-state index contributed by atoms with van der Waals surface area (Å²) in [4.78, 5) is 4.01. The Morgan fingerprint density at radius 2 is 2.29 bits per heavy atom. The van der Waals surface area contributed by atoms with Gasteiger partial charge in [0.2, 0.25) is 0 Å². The molecule has 14 heavy (non-hydrogen) atoms. The van der Waals surface area contributed by atoms with E-state index in [2.05, 4.69) is 34.2 Å². The van der Waals surface area contributed by atoms with Crippen molar-refractivity contribution < 1.29 is 0 Å². The van der Waals surface area contributed by atoms with Gasteiger partial charge in [0, 0.05) is 24.2 Å². The highest BCUT2D eigenvalue weighted by molar-refractivity contribution is 7.99. The van der Waals surface area contributed by atoms with Crippen molar-refractivity contribution in [1.29, 1.82) is 0 Å². The van der Waals surface area contributed by atoms with E-state index in [-0.39, 0.29) is 0 Å². The summed E-state index contributed by atoms with van der Waals surface area (Å²) in [5.41, 5.74) is 1.37. The van der Waals surface area contributed by atoms with Gasteiger partial charge in [-0.3, -0.25) is 4.98 Å². The van der Waals surface area contributed by atoms with Crippen LogP contribution in [0.2, 0.25) is 0 Å². The van der Waals surface area contributed by atoms with Crippen LogP contribution in [0.3, 0.4) is 0 Å². The van der Waals surface area contributed by atoms with Gasteiger partial charge in [-0.25, -0.2) is 0 Å². The molecule has 1 saturated heterocycles. The van der Waals surface area contributed by atoms with Crippen LogP contribution in [0.25, 0.3) is 0 Å². The molecule has 1 unspecified atom stereocenters. The van der Waals surface area contributed by atoms with Gasteiger partial charge in [-0.1, -0.05) is 0 Å². The van der Waals surface area contributed by atoms with Gasteiger partial charge >= 0.3 is 0 Å². The molecule has 2 nitrogen and oxygen atoms in total. The molecule has 1 fully saturated rings. The fourth-order valence-electron chi connectivity index (χ4n) is 1.67. The summed E-state index contributed by atoms with van der Waals surface area (Å²) < 4.78 is 0. The number of nitrogens with zero attached hydrogens (tertiary/aromatic N) is 1. The van der Waals surface area contributed by atoms with Crippen molar-refractivity contribution in [2.75, 3.05) is 18.1 Å². The molecular weight excluding hydrogens is 192 g/mol. The van der Waals surface area contributed by atoms with Crippen molar-refractivity contribution in [3.8, 4) is 0 Å². The highest BCUT2D eigenvalue weighted by Gasteiger charge is 2.13. The van der Waals surface area contributed by atoms with E-state index in [0.717, 1.165) is 19.0 Å². The smallest absolute Gasteiger partial charge is 0.0270 e. The summed E-state index contributed by atoms with van der Waals surface area (Å²) in [5, 5.41) is 3.59. The maximum Gasteiger partial charge on any atom is 0.0270 e. The summed E-state index contributed by atoms with van der Waals surface area (Å²) >= 11 is 2.06. The second-order valence-electron chi connectivity index (χ2n) is 3.62. The number of aromatic nitrogens is 1. The molecule has 0 radical (unpaired) electrons. The van der Waals surface area contributed by atoms with Gasteiger partial charge in [0.05, 0.1) is 0 Å². The first-order chi connectivity index (χ1) is 6.95. The van der Waals surface area contributed by atoms with Crippen LogP contribution in [0.5, 0.6) is 0 Å². The normalized spacial score (nSPS) is 21.3. The molecule has 2 heterocycles. The highest BCUT2D eigenvalue weighted by atomic mass is 32.2. The summed E-state index contributed by atoms with van der Waals surface area (Å²) in [7, 11) is 0. The van der Waals surface area contributed by atoms with Gasteiger partial charge in [0.1, 0.15) is 0 Å². The van der Waals surface area contributed by atoms with Crippen LogP contribution in [0.4, 0.5) is 0 Å². The fraction of sp³-hybridized carbons (Fsp3) is 0.545. The number of hydrogen-bond donors (Lipinski definition) is 1. The quantitative estimate of drug-likeness (QED) is 0.815. The fourth-order valence-corrected chi connectivity index (χ4v) is 2.85. The van der Waals surface area contributed by atoms with Crippen LogP contribution in [-0.4, -0.2) is 29.1 Å². The maximum absolute atomic E-state index is 4.01. The third kappa shape index (κ3) is 3.00. The Hall–Kier alpha value is -0.540. The number of thioether (sulfide) groups is 1. The van der Waals surface area contributed by atoms with Crippen molar-refractivity contribution in [3.05, 3.63) is 30.1 Å². The number of pyridine rings is 1. The van der Waals surface area contributed by atoms with Gasteiger partial charge in [0.15, 0.2) is 0 Å². The van der Waals surface area contributed by atoms with Crippen LogP contribution in [-0.2, 0) is 6.42 Å². The second-order valence-corrected chi connectivity index (χ2v) is 4.77. The van der Waals surface area contributed by atoms with Crippen molar-refractivity contribution >= 4 is 11.8 Å². The Morgan fingerprint density at radius 3 is 3.00 bits per heavy atom. The molecule has 1 aromatic heterocycles. The van der Waals surface area contributed by atoms with Crippen LogP contribution in [0.1, 0.15) is 12.0 Å². The van der Waals surface area contributed by atoms with Crippen molar-refractivity contribution in [2.45, 2.75) is 18.9 Å². The van der Waals surface area contributed by atoms with Crippen molar-refractivity contribution in [1.82, 2.24) is 10.3 Å². The minimum absolute atomic E-state index is 0.752. The topological polar surface area (TPSA) is 24.9 Å². The summed E-state index contributed by atoms with van der Waals surface area (Å²) in [5.74, 6) is 2.61. The van der Waals surface area contributed by atoms with E-state index in [9.17, 15) is 0 Å². The number of nitrogens with one attached hydrogen (secondary N) is 1. The molecule has 1 N–H and O–H groups in total. The lowest BCUT2D eigenvalue weighted by atomic mass is 10.2. The third-order valence-corrected chi connectivity index (χ3v) is 3.69. The minimum Gasteiger partial charge on any atom is -0.313 e. The largest absolute Gasteiger partial charge is 0.313 e. The Balaban J connectivity index is 1.67. The molecule has 0 bridgehead atoms. The third-order valence-electron chi connectivity index (χ3n) is 2.53. The summed E-state index contributed by atoms with van der Waals surface area (Å²) in [6, 6.07) is 4.93. The molecule has 1 aliphatic heterocycles. The average Bonchev–Trinajstić information content (AvgIpc) is 2.72. The zero-order valence-electron chi connectivity index (χ0n) is 8.28. The Bertz CT molecular complexity index is 257. The monoisotopic (exact) mass is 208 g/mol. The van der Waals surface area contributed by atoms with Crippen molar-refractivity contribution in [3.63, 3.8) is 0 Å². The molecule has 0 saturated carbocycles. The van der Waals surface area contributed by atoms with E-state index in [1.807, 2.05) is 12.4 Å². The minimum atomic E-state index is 0.752. The molecule has 76 valence electrons. The molecule has 0 aliphatic carbocycles. The lowest BCUT2D eigenvalue weighted by Gasteiger charge is -2.10. The zero-order valence-corrected chi connectivity index (χ0v) is 9.09. The van der Waals surface area contributed by atoms with E-state index < -0.39 is 0 Å². The molecule has 1 aromatic rings. The van der Waals surface area contributed by atoms with Gasteiger partial charge in [0.25, 0.3) is 0 Å². The van der Waals surface area contributed by atoms with E-state index in [4.69, 9.17) is 0 Å². The number of hydrogen-bond acceptors (Lipinski definition) is 3. The first-order valence-electron chi connectivity index (χ1n) is 5.15. The zero-order chi connectivity index (χ0) is 9.64. The Morgan fingerprint density at radius 1 is 1.43 bits per heavy atom. The molecule has 2 rings (SSSR count). The van der Waals surface area contributed by atoms with Gasteiger partial charge in [-0.15, -0.1) is 0 Å². The highest BCUT2D eigenvalue weighted by Crippen LogP contribution is 2.16. The molecule has 1 aliphatic rings. The van der Waals surface area contributed by atoms with Gasteiger partial charge < -0.3 is 5.32 Å². The van der Waals surface area contributed by atoms with Crippen LogP contribution < -0.4 is 5.32 Å². The second kappa shape index (κ2) is 5.37. The first kappa shape index (κ1) is 9.99. The van der Waals surface area contributed by atoms with Crippen LogP contribution >= 0.6 is 11.8 Å². The first-order valence-corrected chi connectivity index (χ1v) is 6.30. The molecule has 1 atom stereocenters. The van der Waals surface area contributed by atoms with E-state index in [1.54, 1.807) is 0 Å². The standard InChI is InChI=1S/C11H16N2S/c1-5-12-6-2-10(1)3-7-13-11-4-8-14-9-11/h1-2,5-6,11,13H,3-4,7-9H2. The number of rotatable bonds is 4. The van der Waals surface area contributed by atoms with E-state index >= 15 is 0 Å². The average molecular weight is 208 g/mol. The van der Waals surface area contributed by atoms with E-state index in [1.165, 1.54) is 23.5 Å². The van der Waals surface area contributed by atoms with Crippen LogP contribution in [0, 0.1) is 0 Å². The summed E-state index contributed by atoms with van der Waals surface area (Å²) in [6.45, 7) is 1.09. The maximum atomic E-state index is 4.01. The SMILES string of the molecule is c1cc(CCNC2CCSC2)ccn1.